The highest BCUT2D eigenvalue weighted by atomic mass is 16.2. The summed E-state index contributed by atoms with van der Waals surface area (Å²) in [7, 11) is 3.50. The highest BCUT2D eigenvalue weighted by Gasteiger charge is 2.21. The molecule has 0 aromatic carbocycles. The predicted molar refractivity (Wildman–Crippen MR) is 102 cm³/mol. The van der Waals surface area contributed by atoms with E-state index >= 15 is 0 Å². The van der Waals surface area contributed by atoms with Crippen molar-refractivity contribution in [3.05, 3.63) is 23.9 Å². The van der Waals surface area contributed by atoms with Crippen LogP contribution in [0.5, 0.6) is 0 Å². The lowest BCUT2D eigenvalue weighted by atomic mass is 10.2. The quantitative estimate of drug-likeness (QED) is 0.650. The van der Waals surface area contributed by atoms with Crippen molar-refractivity contribution < 1.29 is 4.79 Å². The molecule has 1 saturated heterocycles. The van der Waals surface area contributed by atoms with E-state index in [9.17, 15) is 4.79 Å². The summed E-state index contributed by atoms with van der Waals surface area (Å²) < 4.78 is 0. The number of aryl methyl sites for hydroxylation is 1. The first-order chi connectivity index (χ1) is 11.9. The maximum Gasteiger partial charge on any atom is 0.243 e. The minimum absolute atomic E-state index is 0.00523. The van der Waals surface area contributed by atoms with Gasteiger partial charge in [-0.1, -0.05) is 0 Å². The summed E-state index contributed by atoms with van der Waals surface area (Å²) in [6.07, 6.45) is 1.86. The van der Waals surface area contributed by atoms with Crippen molar-refractivity contribution in [3.63, 3.8) is 0 Å². The molecule has 0 atom stereocenters. The van der Waals surface area contributed by atoms with Crippen LogP contribution in [0.25, 0.3) is 0 Å². The molecule has 1 amide bonds. The monoisotopic (exact) mass is 346 g/mol. The fourth-order valence-electron chi connectivity index (χ4n) is 2.62. The van der Waals surface area contributed by atoms with Gasteiger partial charge in [-0.05, 0) is 38.5 Å². The van der Waals surface area contributed by atoms with Crippen LogP contribution in [0.15, 0.2) is 23.3 Å². The number of carbonyl (C=O) groups excluding carboxylic acids is 1. The van der Waals surface area contributed by atoms with Crippen molar-refractivity contribution in [2.45, 2.75) is 26.8 Å². The Morgan fingerprint density at radius 3 is 2.56 bits per heavy atom. The average Bonchev–Trinajstić information content (AvgIpc) is 2.58. The van der Waals surface area contributed by atoms with Gasteiger partial charge in [-0.3, -0.25) is 4.79 Å². The third-order valence-electron chi connectivity index (χ3n) is 4.08. The van der Waals surface area contributed by atoms with Gasteiger partial charge in [0, 0.05) is 52.5 Å². The normalized spacial score (nSPS) is 15.5. The van der Waals surface area contributed by atoms with E-state index in [1.165, 1.54) is 5.56 Å². The molecular weight excluding hydrogens is 316 g/mol. The maximum absolute atomic E-state index is 11.8. The largest absolute Gasteiger partial charge is 0.354 e. The number of piperazine rings is 1. The van der Waals surface area contributed by atoms with Crippen LogP contribution in [0.2, 0.25) is 0 Å². The molecule has 0 bridgehead atoms. The van der Waals surface area contributed by atoms with Gasteiger partial charge in [0.25, 0.3) is 0 Å². The van der Waals surface area contributed by atoms with Crippen LogP contribution in [-0.2, 0) is 4.79 Å². The van der Waals surface area contributed by atoms with Gasteiger partial charge in [0.15, 0.2) is 5.96 Å². The summed E-state index contributed by atoms with van der Waals surface area (Å²) in [6, 6.07) is 4.40. The predicted octanol–water partition coefficient (Wildman–Crippen LogP) is 0.954. The van der Waals surface area contributed by atoms with E-state index in [4.69, 9.17) is 0 Å². The van der Waals surface area contributed by atoms with Gasteiger partial charge in [0.1, 0.15) is 12.4 Å². The Morgan fingerprint density at radius 1 is 1.32 bits per heavy atom. The molecule has 1 aliphatic rings. The Hall–Kier alpha value is -2.31. The number of likely N-dealkylation sites (N-methyl/N-ethyl adjacent to an activating group) is 1. The molecule has 0 spiro atoms. The molecule has 138 valence electrons. The molecule has 1 fully saturated rings. The van der Waals surface area contributed by atoms with Gasteiger partial charge < -0.3 is 20.0 Å². The number of hydrogen-bond donors (Lipinski definition) is 1. The van der Waals surface area contributed by atoms with E-state index in [1.807, 2.05) is 12.3 Å². The number of pyridine rings is 1. The number of nitrogens with zero attached hydrogens (tertiary/aromatic N) is 5. The second kappa shape index (κ2) is 8.69. The van der Waals surface area contributed by atoms with Crippen LogP contribution in [0.3, 0.4) is 0 Å². The first kappa shape index (κ1) is 19.0. The average molecular weight is 346 g/mol. The molecule has 1 aromatic heterocycles. The van der Waals surface area contributed by atoms with Crippen LogP contribution < -0.4 is 10.2 Å². The van der Waals surface area contributed by atoms with Crippen LogP contribution in [0, 0.1) is 6.92 Å². The lowest BCUT2D eigenvalue weighted by molar-refractivity contribution is -0.127. The molecule has 0 saturated carbocycles. The van der Waals surface area contributed by atoms with Crippen molar-refractivity contribution in [1.82, 2.24) is 20.1 Å². The number of rotatable bonds is 4. The smallest absolute Gasteiger partial charge is 0.243 e. The minimum Gasteiger partial charge on any atom is -0.354 e. The number of amides is 1. The van der Waals surface area contributed by atoms with Crippen LogP contribution in [0.4, 0.5) is 5.82 Å². The van der Waals surface area contributed by atoms with Gasteiger partial charge in [-0.15, -0.1) is 0 Å². The third kappa shape index (κ3) is 5.62. The Labute approximate surface area is 150 Å². The molecule has 1 N–H and O–H groups in total. The van der Waals surface area contributed by atoms with E-state index in [0.717, 1.165) is 38.0 Å². The lowest BCUT2D eigenvalue weighted by Gasteiger charge is -2.37. The minimum atomic E-state index is 0.00523. The van der Waals surface area contributed by atoms with Gasteiger partial charge in [0.2, 0.25) is 5.91 Å². The van der Waals surface area contributed by atoms with Gasteiger partial charge in [-0.25, -0.2) is 9.98 Å². The van der Waals surface area contributed by atoms with E-state index in [-0.39, 0.29) is 18.5 Å². The molecule has 2 heterocycles. The molecular formula is C18H30N6O. The molecule has 1 aliphatic heterocycles. The number of hydrogen-bond acceptors (Lipinski definition) is 4. The van der Waals surface area contributed by atoms with Gasteiger partial charge in [-0.2, -0.15) is 0 Å². The SMILES string of the molecule is Cc1ccnc(N2CCN(C(=NCC(=O)N(C)C)NC(C)C)CC2)c1. The molecule has 0 radical (unpaired) electrons. The summed E-state index contributed by atoms with van der Waals surface area (Å²) in [5, 5.41) is 3.38. The number of anilines is 1. The van der Waals surface area contributed by atoms with Crippen molar-refractivity contribution in [2.75, 3.05) is 51.7 Å². The fourth-order valence-corrected chi connectivity index (χ4v) is 2.62. The number of aromatic nitrogens is 1. The zero-order valence-corrected chi connectivity index (χ0v) is 16.0. The second-order valence-corrected chi connectivity index (χ2v) is 6.89. The topological polar surface area (TPSA) is 64.1 Å². The Morgan fingerprint density at radius 2 is 2.00 bits per heavy atom. The highest BCUT2D eigenvalue weighted by molar-refractivity contribution is 5.85. The van der Waals surface area contributed by atoms with Gasteiger partial charge in [0.05, 0.1) is 0 Å². The molecule has 1 aromatic rings. The van der Waals surface area contributed by atoms with Crippen LogP contribution >= 0.6 is 0 Å². The standard InChI is InChI=1S/C18H30N6O/c1-14(2)21-18(20-13-17(25)22(4)5)24-10-8-23(9-11-24)16-12-15(3)6-7-19-16/h6-7,12,14H,8-11,13H2,1-5H3,(H,20,21). The van der Waals surface area contributed by atoms with Crippen LogP contribution in [0.1, 0.15) is 19.4 Å². The number of nitrogens with one attached hydrogen (secondary N) is 1. The first-order valence-electron chi connectivity index (χ1n) is 8.80. The third-order valence-corrected chi connectivity index (χ3v) is 4.08. The Balaban J connectivity index is 2.01. The summed E-state index contributed by atoms with van der Waals surface area (Å²) in [5.74, 6) is 1.84. The summed E-state index contributed by atoms with van der Waals surface area (Å²) in [4.78, 5) is 26.9. The van der Waals surface area contributed by atoms with Crippen molar-refractivity contribution in [2.24, 2.45) is 4.99 Å². The first-order valence-corrected chi connectivity index (χ1v) is 8.80. The van der Waals surface area contributed by atoms with Crippen molar-refractivity contribution >= 4 is 17.7 Å². The molecule has 0 unspecified atom stereocenters. The molecule has 7 heteroatoms. The molecule has 2 rings (SSSR count). The maximum atomic E-state index is 11.8. The van der Waals surface area contributed by atoms with E-state index in [1.54, 1.807) is 19.0 Å². The highest BCUT2D eigenvalue weighted by Crippen LogP contribution is 2.14. The second-order valence-electron chi connectivity index (χ2n) is 6.89. The van der Waals surface area contributed by atoms with E-state index in [2.05, 4.69) is 51.9 Å². The van der Waals surface area contributed by atoms with E-state index in [0.29, 0.717) is 0 Å². The van der Waals surface area contributed by atoms with Crippen LogP contribution in [-0.4, -0.2) is 79.5 Å². The fraction of sp³-hybridized carbons (Fsp3) is 0.611. The summed E-state index contributed by atoms with van der Waals surface area (Å²) >= 11 is 0. The van der Waals surface area contributed by atoms with Crippen molar-refractivity contribution in [1.29, 1.82) is 0 Å². The zero-order valence-electron chi connectivity index (χ0n) is 16.0. The Kier molecular flexibility index (Phi) is 6.61. The summed E-state index contributed by atoms with van der Waals surface area (Å²) in [5.41, 5.74) is 1.22. The number of carbonyl (C=O) groups is 1. The molecule has 25 heavy (non-hydrogen) atoms. The van der Waals surface area contributed by atoms with Gasteiger partial charge >= 0.3 is 0 Å². The van der Waals surface area contributed by atoms with E-state index < -0.39 is 0 Å². The number of guanidine groups is 1. The Bertz CT molecular complexity index is 605. The molecule has 0 aliphatic carbocycles. The number of aliphatic imine (C=N–C) groups is 1. The lowest BCUT2D eigenvalue weighted by Crippen LogP contribution is -2.54. The summed E-state index contributed by atoms with van der Waals surface area (Å²) in [6.45, 7) is 9.89. The van der Waals surface area contributed by atoms with Crippen molar-refractivity contribution in [3.8, 4) is 0 Å². The zero-order chi connectivity index (χ0) is 18.4. The molecule has 7 nitrogen and oxygen atoms in total.